The van der Waals surface area contributed by atoms with Gasteiger partial charge in [0, 0.05) is 25.4 Å². The molecule has 0 N–H and O–H groups in total. The first-order chi connectivity index (χ1) is 11.2. The molecule has 0 aromatic carbocycles. The van der Waals surface area contributed by atoms with Crippen LogP contribution in [0.2, 0.25) is 0 Å². The van der Waals surface area contributed by atoms with Crippen LogP contribution in [0.3, 0.4) is 0 Å². The van der Waals surface area contributed by atoms with Gasteiger partial charge in [-0.1, -0.05) is 11.2 Å². The van der Waals surface area contributed by atoms with E-state index in [9.17, 15) is 4.79 Å². The Hall–Kier alpha value is -2.21. The summed E-state index contributed by atoms with van der Waals surface area (Å²) in [4.78, 5) is 18.5. The molecule has 3 heterocycles. The number of likely N-dealkylation sites (tertiary alicyclic amines) is 1. The van der Waals surface area contributed by atoms with Gasteiger partial charge >= 0.3 is 0 Å². The predicted molar refractivity (Wildman–Crippen MR) is 83.6 cm³/mol. The van der Waals surface area contributed by atoms with Crippen LogP contribution >= 0.6 is 0 Å². The number of amides is 1. The Balaban J connectivity index is 1.50. The molecule has 0 spiro atoms. The van der Waals surface area contributed by atoms with Crippen molar-refractivity contribution >= 4 is 5.91 Å². The second kappa shape index (κ2) is 7.37. The molecule has 2 aromatic heterocycles. The first-order valence-electron chi connectivity index (χ1n) is 7.92. The zero-order chi connectivity index (χ0) is 16.1. The SMILES string of the molecule is Cc1cc(CC(=O)N2CCC[C@H](OCc3ccccn3)C2)on1. The van der Waals surface area contributed by atoms with Gasteiger partial charge in [0.15, 0.2) is 0 Å². The molecule has 0 unspecified atom stereocenters. The van der Waals surface area contributed by atoms with Crippen LogP contribution < -0.4 is 0 Å². The third kappa shape index (κ3) is 4.39. The topological polar surface area (TPSA) is 68.5 Å². The monoisotopic (exact) mass is 315 g/mol. The summed E-state index contributed by atoms with van der Waals surface area (Å²) in [5.41, 5.74) is 1.70. The number of aryl methyl sites for hydroxylation is 1. The molecule has 1 aliphatic rings. The summed E-state index contributed by atoms with van der Waals surface area (Å²) >= 11 is 0. The number of hydrogen-bond acceptors (Lipinski definition) is 5. The molecular formula is C17H21N3O3. The summed E-state index contributed by atoms with van der Waals surface area (Å²) in [5.74, 6) is 0.677. The molecule has 0 saturated carbocycles. The number of piperidine rings is 1. The minimum atomic E-state index is 0.0613. The summed E-state index contributed by atoms with van der Waals surface area (Å²) in [6.45, 7) is 3.73. The molecule has 23 heavy (non-hydrogen) atoms. The lowest BCUT2D eigenvalue weighted by atomic mass is 10.1. The van der Waals surface area contributed by atoms with Crippen molar-refractivity contribution < 1.29 is 14.1 Å². The zero-order valence-corrected chi connectivity index (χ0v) is 13.3. The average molecular weight is 315 g/mol. The molecule has 1 atom stereocenters. The summed E-state index contributed by atoms with van der Waals surface area (Å²) in [6, 6.07) is 7.58. The van der Waals surface area contributed by atoms with Gasteiger partial charge in [0.05, 0.1) is 30.5 Å². The molecule has 0 radical (unpaired) electrons. The van der Waals surface area contributed by atoms with Crippen molar-refractivity contribution in [3.8, 4) is 0 Å². The van der Waals surface area contributed by atoms with Gasteiger partial charge in [-0.05, 0) is 31.9 Å². The Kier molecular flexibility index (Phi) is 5.02. The molecule has 6 nitrogen and oxygen atoms in total. The fourth-order valence-corrected chi connectivity index (χ4v) is 2.75. The Labute approximate surface area is 135 Å². The van der Waals surface area contributed by atoms with Gasteiger partial charge in [-0.2, -0.15) is 0 Å². The van der Waals surface area contributed by atoms with E-state index in [1.165, 1.54) is 0 Å². The highest BCUT2D eigenvalue weighted by Crippen LogP contribution is 2.16. The maximum Gasteiger partial charge on any atom is 0.230 e. The minimum Gasteiger partial charge on any atom is -0.370 e. The van der Waals surface area contributed by atoms with E-state index in [4.69, 9.17) is 9.26 Å². The lowest BCUT2D eigenvalue weighted by Gasteiger charge is -2.32. The van der Waals surface area contributed by atoms with Crippen LogP contribution in [-0.2, 0) is 22.6 Å². The predicted octanol–water partition coefficient (Wildman–Crippen LogP) is 2.13. The first kappa shape index (κ1) is 15.7. The Bertz CT molecular complexity index is 642. The van der Waals surface area contributed by atoms with Crippen LogP contribution in [0.15, 0.2) is 35.0 Å². The van der Waals surface area contributed by atoms with Gasteiger partial charge < -0.3 is 14.2 Å². The number of aromatic nitrogens is 2. The third-order valence-corrected chi connectivity index (χ3v) is 3.93. The highest BCUT2D eigenvalue weighted by Gasteiger charge is 2.25. The van der Waals surface area contributed by atoms with Gasteiger partial charge in [-0.25, -0.2) is 0 Å². The Morgan fingerprint density at radius 2 is 2.39 bits per heavy atom. The second-order valence-electron chi connectivity index (χ2n) is 5.85. The molecule has 3 rings (SSSR count). The molecule has 1 aliphatic heterocycles. The van der Waals surface area contributed by atoms with Crippen LogP contribution in [0, 0.1) is 6.92 Å². The van der Waals surface area contributed by atoms with Crippen LogP contribution in [0.25, 0.3) is 0 Å². The lowest BCUT2D eigenvalue weighted by molar-refractivity contribution is -0.135. The van der Waals surface area contributed by atoms with E-state index in [-0.39, 0.29) is 18.4 Å². The van der Waals surface area contributed by atoms with Crippen molar-refractivity contribution in [2.24, 2.45) is 0 Å². The fourth-order valence-electron chi connectivity index (χ4n) is 2.75. The van der Waals surface area contributed by atoms with Crippen LogP contribution in [0.1, 0.15) is 30.0 Å². The molecule has 0 bridgehead atoms. The van der Waals surface area contributed by atoms with Crippen molar-refractivity contribution in [1.29, 1.82) is 0 Å². The molecule has 1 fully saturated rings. The highest BCUT2D eigenvalue weighted by molar-refractivity contribution is 5.78. The summed E-state index contributed by atoms with van der Waals surface area (Å²) in [5, 5.41) is 3.82. The number of ether oxygens (including phenoxy) is 1. The number of pyridine rings is 1. The minimum absolute atomic E-state index is 0.0613. The van der Waals surface area contributed by atoms with Gasteiger partial charge in [0.25, 0.3) is 0 Å². The standard InChI is InChI=1S/C17H21N3O3/c1-13-9-16(23-19-13)10-17(21)20-8-4-6-15(11-20)22-12-14-5-2-3-7-18-14/h2-3,5,7,9,15H,4,6,8,10-12H2,1H3/t15-/m0/s1. The number of rotatable bonds is 5. The van der Waals surface area contributed by atoms with Crippen molar-refractivity contribution in [1.82, 2.24) is 15.0 Å². The summed E-state index contributed by atoms with van der Waals surface area (Å²) in [6.07, 6.45) is 4.00. The molecule has 2 aromatic rings. The Morgan fingerprint density at radius 3 is 3.13 bits per heavy atom. The number of carbonyl (C=O) groups is 1. The summed E-state index contributed by atoms with van der Waals surface area (Å²) in [7, 11) is 0. The van der Waals surface area contributed by atoms with Crippen LogP contribution in [-0.4, -0.2) is 40.1 Å². The molecule has 0 aliphatic carbocycles. The van der Waals surface area contributed by atoms with Gasteiger partial charge in [-0.15, -0.1) is 0 Å². The van der Waals surface area contributed by atoms with Crippen molar-refractivity contribution in [2.75, 3.05) is 13.1 Å². The molecular weight excluding hydrogens is 294 g/mol. The van der Waals surface area contributed by atoms with E-state index in [1.54, 1.807) is 12.3 Å². The van der Waals surface area contributed by atoms with E-state index < -0.39 is 0 Å². The van der Waals surface area contributed by atoms with E-state index in [2.05, 4.69) is 10.1 Å². The maximum absolute atomic E-state index is 12.4. The second-order valence-corrected chi connectivity index (χ2v) is 5.85. The molecule has 122 valence electrons. The van der Waals surface area contributed by atoms with Gasteiger partial charge in [-0.3, -0.25) is 9.78 Å². The molecule has 6 heteroatoms. The van der Waals surface area contributed by atoms with E-state index in [0.717, 1.165) is 30.8 Å². The van der Waals surface area contributed by atoms with E-state index >= 15 is 0 Å². The Morgan fingerprint density at radius 1 is 1.48 bits per heavy atom. The molecule has 1 saturated heterocycles. The van der Waals surface area contributed by atoms with Crippen LogP contribution in [0.5, 0.6) is 0 Å². The number of carbonyl (C=O) groups excluding carboxylic acids is 1. The van der Waals surface area contributed by atoms with E-state index in [1.807, 2.05) is 30.0 Å². The number of nitrogens with zero attached hydrogens (tertiary/aromatic N) is 3. The van der Waals surface area contributed by atoms with Crippen LogP contribution in [0.4, 0.5) is 0 Å². The maximum atomic E-state index is 12.4. The average Bonchev–Trinajstić information content (AvgIpc) is 2.99. The summed E-state index contributed by atoms with van der Waals surface area (Å²) < 4.78 is 11.0. The largest absolute Gasteiger partial charge is 0.370 e. The highest BCUT2D eigenvalue weighted by atomic mass is 16.5. The van der Waals surface area contributed by atoms with Gasteiger partial charge in [0.2, 0.25) is 5.91 Å². The normalized spacial score (nSPS) is 18.1. The van der Waals surface area contributed by atoms with Crippen molar-refractivity contribution in [2.45, 2.75) is 38.9 Å². The quantitative estimate of drug-likeness (QED) is 0.845. The fraction of sp³-hybridized carbons (Fsp3) is 0.471. The van der Waals surface area contributed by atoms with E-state index in [0.29, 0.717) is 18.9 Å². The van der Waals surface area contributed by atoms with Crippen molar-refractivity contribution in [3.63, 3.8) is 0 Å². The van der Waals surface area contributed by atoms with Crippen molar-refractivity contribution in [3.05, 3.63) is 47.6 Å². The third-order valence-electron chi connectivity index (χ3n) is 3.93. The van der Waals surface area contributed by atoms with Gasteiger partial charge in [0.1, 0.15) is 5.76 Å². The number of hydrogen-bond donors (Lipinski definition) is 0. The molecule has 1 amide bonds. The zero-order valence-electron chi connectivity index (χ0n) is 13.3. The smallest absolute Gasteiger partial charge is 0.230 e. The first-order valence-corrected chi connectivity index (χ1v) is 7.92. The lowest BCUT2D eigenvalue weighted by Crippen LogP contribution is -2.43.